The molecule has 0 aromatic heterocycles. The predicted octanol–water partition coefficient (Wildman–Crippen LogP) is 2.33. The van der Waals surface area contributed by atoms with Gasteiger partial charge < -0.3 is 5.73 Å². The summed E-state index contributed by atoms with van der Waals surface area (Å²) in [5.74, 6) is 2.22. The predicted molar refractivity (Wildman–Crippen MR) is 72.9 cm³/mol. The second-order valence-electron chi connectivity index (χ2n) is 5.60. The summed E-state index contributed by atoms with van der Waals surface area (Å²) >= 11 is 2.09. The molecule has 1 aliphatic carbocycles. The van der Waals surface area contributed by atoms with E-state index in [-0.39, 0.29) is 5.54 Å². The molecule has 16 heavy (non-hydrogen) atoms. The molecular weight excluding hydrogens is 216 g/mol. The van der Waals surface area contributed by atoms with E-state index in [0.29, 0.717) is 5.25 Å². The van der Waals surface area contributed by atoms with Gasteiger partial charge in [-0.25, -0.2) is 0 Å². The maximum absolute atomic E-state index is 6.08. The molecule has 1 aliphatic heterocycles. The first-order valence-electron chi connectivity index (χ1n) is 6.72. The number of hydrogen-bond donors (Lipinski definition) is 1. The van der Waals surface area contributed by atoms with Gasteiger partial charge in [0, 0.05) is 23.9 Å². The lowest BCUT2D eigenvalue weighted by atomic mass is 9.89. The highest BCUT2D eigenvalue weighted by molar-refractivity contribution is 8.00. The van der Waals surface area contributed by atoms with Crippen molar-refractivity contribution in [1.82, 2.24) is 4.90 Å². The van der Waals surface area contributed by atoms with Crippen molar-refractivity contribution in [1.29, 1.82) is 0 Å². The second kappa shape index (κ2) is 5.28. The van der Waals surface area contributed by atoms with Crippen LogP contribution in [0.4, 0.5) is 0 Å². The summed E-state index contributed by atoms with van der Waals surface area (Å²) in [5, 5.41) is 0.698. The van der Waals surface area contributed by atoms with Gasteiger partial charge in [0.05, 0.1) is 0 Å². The average molecular weight is 242 g/mol. The van der Waals surface area contributed by atoms with Crippen molar-refractivity contribution in [3.63, 3.8) is 0 Å². The Labute approximate surface area is 104 Å². The number of nitrogens with zero attached hydrogens (tertiary/aromatic N) is 1. The third kappa shape index (κ3) is 2.27. The number of likely N-dealkylation sites (N-methyl/N-ethyl adjacent to an activating group) is 1. The molecule has 0 amide bonds. The van der Waals surface area contributed by atoms with Gasteiger partial charge in [0.15, 0.2) is 0 Å². The SMILES string of the molecule is CC1SCCC1(CN)N(C)CC1CCCC1. The average Bonchev–Trinajstić information content (AvgIpc) is 2.88. The Morgan fingerprint density at radius 2 is 2.06 bits per heavy atom. The van der Waals surface area contributed by atoms with Crippen molar-refractivity contribution in [2.75, 3.05) is 25.9 Å². The van der Waals surface area contributed by atoms with Crippen LogP contribution in [0.5, 0.6) is 0 Å². The van der Waals surface area contributed by atoms with Crippen molar-refractivity contribution < 1.29 is 0 Å². The molecule has 2 rings (SSSR count). The minimum atomic E-state index is 0.285. The molecule has 2 fully saturated rings. The van der Waals surface area contributed by atoms with Crippen LogP contribution in [-0.4, -0.2) is 41.6 Å². The van der Waals surface area contributed by atoms with Gasteiger partial charge in [-0.2, -0.15) is 11.8 Å². The van der Waals surface area contributed by atoms with Crippen LogP contribution < -0.4 is 5.73 Å². The summed E-state index contributed by atoms with van der Waals surface area (Å²) in [7, 11) is 2.30. The van der Waals surface area contributed by atoms with Gasteiger partial charge in [-0.15, -0.1) is 0 Å². The van der Waals surface area contributed by atoms with Gasteiger partial charge in [-0.3, -0.25) is 4.90 Å². The van der Waals surface area contributed by atoms with Crippen molar-refractivity contribution in [3.8, 4) is 0 Å². The van der Waals surface area contributed by atoms with Gasteiger partial charge in [0.25, 0.3) is 0 Å². The Hall–Kier alpha value is 0.270. The largest absolute Gasteiger partial charge is 0.329 e. The molecule has 3 heteroatoms. The first kappa shape index (κ1) is 12.7. The maximum Gasteiger partial charge on any atom is 0.0452 e. The molecule has 2 N–H and O–H groups in total. The minimum Gasteiger partial charge on any atom is -0.329 e. The first-order valence-corrected chi connectivity index (χ1v) is 7.77. The molecule has 1 heterocycles. The molecule has 1 saturated carbocycles. The topological polar surface area (TPSA) is 29.3 Å². The standard InChI is InChI=1S/C13H26N2S/c1-11-13(10-14,7-8-16-11)15(2)9-12-5-3-4-6-12/h11-12H,3-10,14H2,1-2H3. The highest BCUT2D eigenvalue weighted by Crippen LogP contribution is 2.40. The van der Waals surface area contributed by atoms with Gasteiger partial charge in [-0.1, -0.05) is 19.8 Å². The van der Waals surface area contributed by atoms with Crippen LogP contribution >= 0.6 is 11.8 Å². The van der Waals surface area contributed by atoms with Crippen LogP contribution in [0.25, 0.3) is 0 Å². The minimum absolute atomic E-state index is 0.285. The van der Waals surface area contributed by atoms with E-state index in [1.807, 2.05) is 0 Å². The van der Waals surface area contributed by atoms with E-state index in [0.717, 1.165) is 12.5 Å². The van der Waals surface area contributed by atoms with E-state index in [9.17, 15) is 0 Å². The van der Waals surface area contributed by atoms with Crippen LogP contribution in [0.3, 0.4) is 0 Å². The van der Waals surface area contributed by atoms with E-state index >= 15 is 0 Å². The molecule has 0 bridgehead atoms. The van der Waals surface area contributed by atoms with Crippen LogP contribution in [0, 0.1) is 5.92 Å². The third-order valence-corrected chi connectivity index (χ3v) is 6.16. The summed E-state index contributed by atoms with van der Waals surface area (Å²) in [6.07, 6.45) is 7.04. The molecule has 2 unspecified atom stereocenters. The monoisotopic (exact) mass is 242 g/mol. The Kier molecular flexibility index (Phi) is 4.20. The van der Waals surface area contributed by atoms with E-state index in [1.165, 1.54) is 44.4 Å². The first-order chi connectivity index (χ1) is 7.69. The Balaban J connectivity index is 1.97. The van der Waals surface area contributed by atoms with Gasteiger partial charge >= 0.3 is 0 Å². The number of thioether (sulfide) groups is 1. The highest BCUT2D eigenvalue weighted by Gasteiger charge is 2.43. The zero-order chi connectivity index (χ0) is 11.6. The lowest BCUT2D eigenvalue weighted by Crippen LogP contribution is -2.56. The number of rotatable bonds is 4. The van der Waals surface area contributed by atoms with Gasteiger partial charge in [0.1, 0.15) is 0 Å². The van der Waals surface area contributed by atoms with E-state index in [4.69, 9.17) is 5.73 Å². The van der Waals surface area contributed by atoms with Crippen LogP contribution in [-0.2, 0) is 0 Å². The van der Waals surface area contributed by atoms with E-state index < -0.39 is 0 Å². The van der Waals surface area contributed by atoms with Gasteiger partial charge in [0.2, 0.25) is 0 Å². The summed E-state index contributed by atoms with van der Waals surface area (Å²) in [6.45, 7) is 4.45. The fourth-order valence-electron chi connectivity index (χ4n) is 3.46. The molecule has 0 radical (unpaired) electrons. The van der Waals surface area contributed by atoms with Crippen molar-refractivity contribution in [2.45, 2.75) is 49.8 Å². The molecule has 0 aromatic rings. The van der Waals surface area contributed by atoms with Gasteiger partial charge in [-0.05, 0) is 38.0 Å². The number of hydrogen-bond acceptors (Lipinski definition) is 3. The molecule has 1 saturated heterocycles. The zero-order valence-electron chi connectivity index (χ0n) is 10.7. The molecule has 2 aliphatic rings. The summed E-state index contributed by atoms with van der Waals surface area (Å²) < 4.78 is 0. The Bertz CT molecular complexity index is 228. The molecule has 2 nitrogen and oxygen atoms in total. The fourth-order valence-corrected chi connectivity index (χ4v) is 4.99. The quantitative estimate of drug-likeness (QED) is 0.820. The number of nitrogens with two attached hydrogens (primary N) is 1. The smallest absolute Gasteiger partial charge is 0.0452 e. The van der Waals surface area contributed by atoms with Crippen LogP contribution in [0.15, 0.2) is 0 Å². The molecule has 0 spiro atoms. The molecular formula is C13H26N2S. The van der Waals surface area contributed by atoms with Crippen molar-refractivity contribution in [3.05, 3.63) is 0 Å². The molecule has 2 atom stereocenters. The normalized spacial score (nSPS) is 36.4. The van der Waals surface area contributed by atoms with E-state index in [1.54, 1.807) is 0 Å². The fraction of sp³-hybridized carbons (Fsp3) is 1.00. The maximum atomic E-state index is 6.08. The summed E-state index contributed by atoms with van der Waals surface area (Å²) in [4.78, 5) is 2.59. The van der Waals surface area contributed by atoms with Crippen molar-refractivity contribution in [2.24, 2.45) is 11.7 Å². The van der Waals surface area contributed by atoms with E-state index in [2.05, 4.69) is 30.6 Å². The van der Waals surface area contributed by atoms with Crippen molar-refractivity contribution >= 4 is 11.8 Å². The third-order valence-electron chi connectivity index (χ3n) is 4.78. The highest BCUT2D eigenvalue weighted by atomic mass is 32.2. The summed E-state index contributed by atoms with van der Waals surface area (Å²) in [5.41, 5.74) is 6.36. The zero-order valence-corrected chi connectivity index (χ0v) is 11.6. The lowest BCUT2D eigenvalue weighted by molar-refractivity contribution is 0.110. The Morgan fingerprint density at radius 1 is 1.38 bits per heavy atom. The second-order valence-corrected chi connectivity index (χ2v) is 7.05. The summed E-state index contributed by atoms with van der Waals surface area (Å²) in [6, 6.07) is 0. The van der Waals surface area contributed by atoms with Crippen LogP contribution in [0.2, 0.25) is 0 Å². The molecule has 94 valence electrons. The lowest BCUT2D eigenvalue weighted by Gasteiger charge is -2.42. The molecule has 0 aromatic carbocycles. The Morgan fingerprint density at radius 3 is 2.56 bits per heavy atom. The van der Waals surface area contributed by atoms with Crippen LogP contribution in [0.1, 0.15) is 39.0 Å².